The lowest BCUT2D eigenvalue weighted by molar-refractivity contribution is -0.143. The van der Waals surface area contributed by atoms with Crippen molar-refractivity contribution < 1.29 is 19.4 Å². The average Bonchev–Trinajstić information content (AvgIpc) is 3.45. The molecule has 1 N–H and O–H groups in total. The molecule has 1 fully saturated rings. The lowest BCUT2D eigenvalue weighted by atomic mass is 9.86. The minimum Gasteiger partial charge on any atom is -0.481 e. The highest BCUT2D eigenvalue weighted by molar-refractivity contribution is 5.95. The van der Waals surface area contributed by atoms with Crippen molar-refractivity contribution in [3.63, 3.8) is 0 Å². The lowest BCUT2D eigenvalue weighted by Gasteiger charge is -2.34. The minimum atomic E-state index is -0.695. The number of methoxy groups -OCH3 is 1. The molecule has 1 aromatic carbocycles. The van der Waals surface area contributed by atoms with Crippen LogP contribution in [-0.4, -0.2) is 49.7 Å². The molecule has 1 unspecified atom stereocenters. The number of rotatable bonds is 5. The third-order valence-electron chi connectivity index (χ3n) is 7.65. The summed E-state index contributed by atoms with van der Waals surface area (Å²) in [5.74, 6) is 0.0299. The molecule has 1 amide bonds. The summed E-state index contributed by atoms with van der Waals surface area (Å²) in [7, 11) is 1.42. The molecule has 1 aliphatic carbocycles. The lowest BCUT2D eigenvalue weighted by Crippen LogP contribution is -2.42. The maximum absolute atomic E-state index is 12.6. The number of ether oxygens (including phenoxy) is 1. The Morgan fingerprint density at radius 3 is 2.57 bits per heavy atom. The molecule has 0 radical (unpaired) electrons. The summed E-state index contributed by atoms with van der Waals surface area (Å²) in [5, 5.41) is 14.0. The highest BCUT2D eigenvalue weighted by Crippen LogP contribution is 2.40. The molecule has 9 nitrogen and oxygen atoms in total. The van der Waals surface area contributed by atoms with Gasteiger partial charge >= 0.3 is 12.1 Å². The molecule has 0 bridgehead atoms. The summed E-state index contributed by atoms with van der Waals surface area (Å²) in [5.41, 5.74) is 4.94. The second kappa shape index (κ2) is 9.36. The monoisotopic (exact) mass is 479 g/mol. The number of aromatic nitrogens is 4. The summed E-state index contributed by atoms with van der Waals surface area (Å²) < 4.78 is 9.35. The summed E-state index contributed by atoms with van der Waals surface area (Å²) >= 11 is 0. The second-order valence-corrected chi connectivity index (χ2v) is 9.87. The van der Waals surface area contributed by atoms with Crippen LogP contribution in [0, 0.1) is 12.8 Å². The predicted molar refractivity (Wildman–Crippen MR) is 132 cm³/mol. The summed E-state index contributed by atoms with van der Waals surface area (Å²) in [6.45, 7) is 4.74. The Hall–Kier alpha value is -3.36. The first-order valence-electron chi connectivity index (χ1n) is 12.5. The van der Waals surface area contributed by atoms with E-state index in [1.807, 2.05) is 36.9 Å². The van der Waals surface area contributed by atoms with Gasteiger partial charge in [-0.25, -0.2) is 9.78 Å². The van der Waals surface area contributed by atoms with Crippen LogP contribution in [0.5, 0.6) is 0 Å². The first-order chi connectivity index (χ1) is 16.9. The van der Waals surface area contributed by atoms with E-state index in [-0.39, 0.29) is 24.1 Å². The van der Waals surface area contributed by atoms with Gasteiger partial charge in [0.2, 0.25) is 0 Å². The number of aryl methyl sites for hydroxylation is 4. The normalized spacial score (nSPS) is 22.3. The van der Waals surface area contributed by atoms with Crippen molar-refractivity contribution in [3.05, 3.63) is 41.5 Å². The Balaban J connectivity index is 1.56. The Bertz CT molecular complexity index is 1250. The number of carbonyl (C=O) groups excluding carboxylic acids is 1. The zero-order valence-corrected chi connectivity index (χ0v) is 20.6. The van der Waals surface area contributed by atoms with Gasteiger partial charge in [-0.2, -0.15) is 5.10 Å². The van der Waals surface area contributed by atoms with Crippen LogP contribution >= 0.6 is 0 Å². The molecule has 9 heteroatoms. The Morgan fingerprint density at radius 1 is 1.14 bits per heavy atom. The van der Waals surface area contributed by atoms with Gasteiger partial charge in [0.15, 0.2) is 0 Å². The number of benzene rings is 1. The molecule has 2 aliphatic rings. The van der Waals surface area contributed by atoms with Crippen LogP contribution in [0.2, 0.25) is 0 Å². The first kappa shape index (κ1) is 23.4. The molecule has 5 rings (SSSR count). The number of hydrogen-bond acceptors (Lipinski definition) is 5. The molecule has 0 spiro atoms. The number of amides is 1. The van der Waals surface area contributed by atoms with Crippen LogP contribution in [0.1, 0.15) is 62.2 Å². The van der Waals surface area contributed by atoms with E-state index in [1.54, 1.807) is 4.90 Å². The molecule has 1 saturated carbocycles. The third-order valence-corrected chi connectivity index (χ3v) is 7.65. The Kier molecular flexibility index (Phi) is 6.25. The smallest absolute Gasteiger partial charge is 0.414 e. The van der Waals surface area contributed by atoms with Crippen molar-refractivity contribution in [2.24, 2.45) is 5.92 Å². The van der Waals surface area contributed by atoms with Gasteiger partial charge in [-0.05, 0) is 70.6 Å². The number of hydrogen-bond donors (Lipinski definition) is 1. The van der Waals surface area contributed by atoms with Gasteiger partial charge in [0.05, 0.1) is 35.4 Å². The molecule has 0 saturated heterocycles. The van der Waals surface area contributed by atoms with Gasteiger partial charge in [-0.15, -0.1) is 0 Å². The standard InChI is InChI=1S/C26H33N5O4/c1-16-12-14-29(28-16)15-13-23-27-24-20-9-4-17(2)30(26(34)35-3)21(20)10-11-22(24)31(23)19-7-5-18(6-8-19)25(32)33/h10-12,14,17-19H,4-9,13,15H2,1-3H3,(H,32,33). The largest absolute Gasteiger partial charge is 0.481 e. The molecule has 35 heavy (non-hydrogen) atoms. The average molecular weight is 480 g/mol. The predicted octanol–water partition coefficient (Wildman–Crippen LogP) is 4.51. The van der Waals surface area contributed by atoms with Crippen molar-refractivity contribution in [2.45, 2.75) is 77.4 Å². The highest BCUT2D eigenvalue weighted by Gasteiger charge is 2.33. The van der Waals surface area contributed by atoms with Crippen LogP contribution in [0.25, 0.3) is 11.0 Å². The number of anilines is 1. The van der Waals surface area contributed by atoms with E-state index in [4.69, 9.17) is 9.72 Å². The molecule has 1 atom stereocenters. The van der Waals surface area contributed by atoms with Crippen molar-refractivity contribution in [1.29, 1.82) is 0 Å². The SMILES string of the molecule is COC(=O)N1c2ccc3c(nc(CCn4ccc(C)n4)n3C3CCC(C(=O)O)CC3)c2CCC1C. The fraction of sp³-hybridized carbons (Fsp3) is 0.538. The van der Waals surface area contributed by atoms with Gasteiger partial charge in [-0.1, -0.05) is 0 Å². The van der Waals surface area contributed by atoms with Gasteiger partial charge in [0, 0.05) is 36.8 Å². The van der Waals surface area contributed by atoms with Crippen LogP contribution in [0.3, 0.4) is 0 Å². The molecule has 1 aliphatic heterocycles. The zero-order valence-electron chi connectivity index (χ0n) is 20.6. The molecule has 2 aromatic heterocycles. The number of carboxylic acid groups (broad SMARTS) is 1. The number of carboxylic acids is 1. The molecule has 3 heterocycles. The van der Waals surface area contributed by atoms with Gasteiger partial charge in [0.25, 0.3) is 0 Å². The maximum Gasteiger partial charge on any atom is 0.414 e. The number of fused-ring (bicyclic) bond motifs is 3. The fourth-order valence-electron chi connectivity index (χ4n) is 5.79. The fourth-order valence-corrected chi connectivity index (χ4v) is 5.79. The summed E-state index contributed by atoms with van der Waals surface area (Å²) in [6, 6.07) is 6.35. The van der Waals surface area contributed by atoms with Crippen molar-refractivity contribution in [1.82, 2.24) is 19.3 Å². The van der Waals surface area contributed by atoms with Crippen LogP contribution < -0.4 is 4.90 Å². The zero-order chi connectivity index (χ0) is 24.7. The molecular weight excluding hydrogens is 446 g/mol. The first-order valence-corrected chi connectivity index (χ1v) is 12.5. The van der Waals surface area contributed by atoms with Crippen LogP contribution in [0.15, 0.2) is 24.4 Å². The second-order valence-electron chi connectivity index (χ2n) is 9.87. The van der Waals surface area contributed by atoms with E-state index >= 15 is 0 Å². The van der Waals surface area contributed by atoms with E-state index in [9.17, 15) is 14.7 Å². The third kappa shape index (κ3) is 4.28. The van der Waals surface area contributed by atoms with E-state index < -0.39 is 5.97 Å². The van der Waals surface area contributed by atoms with E-state index in [0.717, 1.165) is 72.5 Å². The van der Waals surface area contributed by atoms with Gasteiger partial charge in [-0.3, -0.25) is 14.4 Å². The topological polar surface area (TPSA) is 102 Å². The molecular formula is C26H33N5O4. The van der Waals surface area contributed by atoms with Crippen molar-refractivity contribution in [3.8, 4) is 0 Å². The summed E-state index contributed by atoms with van der Waals surface area (Å²) in [4.78, 5) is 31.0. The Labute approximate surface area is 204 Å². The number of imidazole rings is 1. The number of nitrogens with zero attached hydrogens (tertiary/aromatic N) is 5. The number of carbonyl (C=O) groups is 2. The van der Waals surface area contributed by atoms with Crippen molar-refractivity contribution in [2.75, 3.05) is 12.0 Å². The minimum absolute atomic E-state index is 0.0586. The van der Waals surface area contributed by atoms with Crippen LogP contribution in [-0.2, 0) is 28.9 Å². The molecule has 3 aromatic rings. The van der Waals surface area contributed by atoms with Gasteiger partial charge in [0.1, 0.15) is 5.82 Å². The highest BCUT2D eigenvalue weighted by atomic mass is 16.5. The van der Waals surface area contributed by atoms with E-state index in [1.165, 1.54) is 7.11 Å². The molecule has 186 valence electrons. The van der Waals surface area contributed by atoms with E-state index in [2.05, 4.69) is 15.7 Å². The summed E-state index contributed by atoms with van der Waals surface area (Å²) in [6.07, 6.45) is 7.04. The quantitative estimate of drug-likeness (QED) is 0.578. The van der Waals surface area contributed by atoms with Gasteiger partial charge < -0.3 is 14.4 Å². The number of aliphatic carboxylic acids is 1. The van der Waals surface area contributed by atoms with Crippen molar-refractivity contribution >= 4 is 28.8 Å². The maximum atomic E-state index is 12.6. The van der Waals surface area contributed by atoms with Crippen LogP contribution in [0.4, 0.5) is 10.5 Å². The Morgan fingerprint density at radius 2 is 1.91 bits per heavy atom. The van der Waals surface area contributed by atoms with E-state index in [0.29, 0.717) is 12.8 Å².